The predicted octanol–water partition coefficient (Wildman–Crippen LogP) is 16.3. The largest absolute Gasteiger partial charge is 0.286 e. The molecule has 10 aromatic heterocycles. The molecule has 0 aliphatic rings. The van der Waals surface area contributed by atoms with Gasteiger partial charge >= 0.3 is 0 Å². The minimum Gasteiger partial charge on any atom is -0.238 e. The molecule has 16 aromatic rings. The number of hydrogen-bond donors (Lipinski definition) is 0. The Hall–Kier alpha value is -13.8. The van der Waals surface area contributed by atoms with Crippen LogP contribution < -0.4 is 45.7 Å². The maximum Gasteiger partial charge on any atom is 0.286 e. The zero-order chi connectivity index (χ0) is 84.2. The summed E-state index contributed by atoms with van der Waals surface area (Å²) in [5, 5.41) is 2.50. The van der Waals surface area contributed by atoms with Crippen molar-refractivity contribution in [2.24, 2.45) is 35.2 Å². The number of pyridine rings is 5. The first-order chi connectivity index (χ1) is 56.6. The molecule has 0 amide bonds. The van der Waals surface area contributed by atoms with Gasteiger partial charge in [-0.15, -0.1) is 0 Å². The molecule has 588 valence electrons. The highest BCUT2D eigenvalue weighted by Gasteiger charge is 2.29. The van der Waals surface area contributed by atoms with E-state index in [0.717, 1.165) is 28.2 Å². The SMILES string of the molecule is Cc1c(-[n+]2ccccc2C)cc2ccccc2c1-c1ccnc[n+]1C.Cc1c(-c2ccnc[n+]2C)cc(C(C)(C)C)cc1-[n+]1ccccc1C.Cc1cc(-c2ccnc[n+]2C)c(C)c(-[n+]2ccccc2C)c1.Cc1cc(C)c(-[n+]2ccccc2C)c(C)c1-c1ccnc[n+]1C.[C-]#[N+]c1cc(-c2ccnc[n+]2C)c(C)c(-[n+]2ccccc2C)c1. The smallest absolute Gasteiger partial charge is 0.238 e. The summed E-state index contributed by atoms with van der Waals surface area (Å²) in [6, 6.07) is 67.7. The van der Waals surface area contributed by atoms with Gasteiger partial charge in [-0.05, 0) is 113 Å². The van der Waals surface area contributed by atoms with Gasteiger partial charge in [0.15, 0.2) is 65.1 Å². The Kier molecular flexibility index (Phi) is 26.1. The highest BCUT2D eigenvalue weighted by Crippen LogP contribution is 2.36. The summed E-state index contributed by atoms with van der Waals surface area (Å²) in [7, 11) is 10.1. The van der Waals surface area contributed by atoms with E-state index in [9.17, 15) is 0 Å². The van der Waals surface area contributed by atoms with Gasteiger partial charge in [-0.3, -0.25) is 0 Å². The molecule has 0 atom stereocenters. The van der Waals surface area contributed by atoms with E-state index in [1.165, 1.54) is 146 Å². The summed E-state index contributed by atoms with van der Waals surface area (Å²) in [4.78, 5) is 24.6. The molecule has 0 bridgehead atoms. The van der Waals surface area contributed by atoms with Crippen LogP contribution in [-0.2, 0) is 40.7 Å². The third kappa shape index (κ3) is 18.3. The lowest BCUT2D eigenvalue weighted by molar-refractivity contribution is -0.663. The Morgan fingerprint density at radius 1 is 0.305 bits per heavy atom. The van der Waals surface area contributed by atoms with E-state index < -0.39 is 0 Å². The second-order valence-electron chi connectivity index (χ2n) is 31.5. The maximum atomic E-state index is 7.44. The van der Waals surface area contributed by atoms with Crippen LogP contribution in [0.4, 0.5) is 5.69 Å². The Labute approximate surface area is 696 Å². The molecule has 6 aromatic carbocycles. The zero-order valence-electron chi connectivity index (χ0n) is 72.3. The Balaban J connectivity index is 0.000000136. The first-order valence-corrected chi connectivity index (χ1v) is 40.0. The third-order valence-electron chi connectivity index (χ3n) is 22.1. The van der Waals surface area contributed by atoms with Crippen molar-refractivity contribution in [3.05, 3.63) is 378 Å². The fourth-order valence-corrected chi connectivity index (χ4v) is 15.7. The molecule has 0 radical (unpaired) electrons. The van der Waals surface area contributed by atoms with Crippen molar-refractivity contribution in [1.82, 2.24) is 24.9 Å². The Morgan fingerprint density at radius 2 is 0.653 bits per heavy atom. The number of aromatic nitrogens is 15. The van der Waals surface area contributed by atoms with Crippen LogP contribution in [-0.4, -0.2) is 24.9 Å². The monoisotopic (exact) mass is 1560 g/mol. The zero-order valence-corrected chi connectivity index (χ0v) is 72.3. The molecular weight excluding hydrogens is 1450 g/mol. The lowest BCUT2D eigenvalue weighted by Gasteiger charge is -2.21. The number of benzene rings is 6. The molecule has 0 aliphatic carbocycles. The topological polar surface area (TPSA) is 108 Å². The van der Waals surface area contributed by atoms with Crippen LogP contribution in [0.5, 0.6) is 0 Å². The van der Waals surface area contributed by atoms with Crippen LogP contribution in [0.1, 0.15) is 99.3 Å². The molecule has 118 heavy (non-hydrogen) atoms. The van der Waals surface area contributed by atoms with E-state index in [2.05, 4.69) is 370 Å². The predicted molar refractivity (Wildman–Crippen MR) is 466 cm³/mol. The first kappa shape index (κ1) is 83.6. The van der Waals surface area contributed by atoms with Gasteiger partial charge in [0.25, 0.3) is 31.6 Å². The summed E-state index contributed by atoms with van der Waals surface area (Å²) in [6.07, 6.45) is 28.9. The molecule has 0 saturated heterocycles. The Morgan fingerprint density at radius 3 is 1.05 bits per heavy atom. The van der Waals surface area contributed by atoms with Gasteiger partial charge in [0.05, 0.1) is 41.8 Å². The number of nitrogens with zero attached hydrogens (tertiary/aromatic N) is 16. The highest BCUT2D eigenvalue weighted by molar-refractivity contribution is 5.98. The van der Waals surface area contributed by atoms with Gasteiger partial charge < -0.3 is 0 Å². The van der Waals surface area contributed by atoms with E-state index in [-0.39, 0.29) is 5.41 Å². The number of aryl methyl sites for hydroxylation is 13. The van der Waals surface area contributed by atoms with Crippen LogP contribution in [0.2, 0.25) is 0 Å². The van der Waals surface area contributed by atoms with E-state index in [1.807, 2.05) is 126 Å². The van der Waals surface area contributed by atoms with Crippen LogP contribution >= 0.6 is 0 Å². The van der Waals surface area contributed by atoms with E-state index in [0.29, 0.717) is 5.69 Å². The summed E-state index contributed by atoms with van der Waals surface area (Å²) < 4.78 is 21.5. The lowest BCUT2D eigenvalue weighted by atomic mass is 9.84. The van der Waals surface area contributed by atoms with Gasteiger partial charge in [0, 0.05) is 211 Å². The number of rotatable bonds is 10. The Bertz CT molecular complexity index is 6180. The molecule has 0 fully saturated rings. The molecule has 0 unspecified atom stereocenters. The van der Waals surface area contributed by atoms with Gasteiger partial charge in [0.2, 0.25) is 28.4 Å². The molecule has 16 heteroatoms. The van der Waals surface area contributed by atoms with Gasteiger partial charge in [-0.25, -0.2) is 27.7 Å². The fourth-order valence-electron chi connectivity index (χ4n) is 15.7. The number of hydrogen-bond acceptors (Lipinski definition) is 5. The third-order valence-corrected chi connectivity index (χ3v) is 22.1. The van der Waals surface area contributed by atoms with Crippen molar-refractivity contribution < 1.29 is 45.7 Å². The summed E-state index contributed by atoms with van der Waals surface area (Å²) >= 11 is 0. The molecular formula is C102H110N16+10. The second kappa shape index (κ2) is 36.8. The minimum absolute atomic E-state index is 0.0754. The van der Waals surface area contributed by atoms with Crippen molar-refractivity contribution in [3.8, 4) is 84.7 Å². The van der Waals surface area contributed by atoms with Gasteiger partial charge in [-0.2, -0.15) is 22.8 Å². The number of fused-ring (bicyclic) bond motifs is 1. The van der Waals surface area contributed by atoms with Crippen LogP contribution in [0.25, 0.3) is 100 Å². The molecule has 10 heterocycles. The quantitative estimate of drug-likeness (QED) is 0.100. The highest BCUT2D eigenvalue weighted by atomic mass is 15.0. The molecule has 0 N–H and O–H groups in total. The maximum absolute atomic E-state index is 7.44. The van der Waals surface area contributed by atoms with Crippen LogP contribution in [0.15, 0.2) is 288 Å². The van der Waals surface area contributed by atoms with Crippen molar-refractivity contribution in [2.75, 3.05) is 0 Å². The standard InChI is InChI=1S/C22H21N3.C22H27N3.C20H23N3.C19H18N4.C19H21N3/c1-16-8-6-7-13-25(16)21-14-18-9-4-5-10-19(18)22(17(21)2)20-11-12-23-15-24(20)3;1-16-9-7-8-12-25(16)21-14-18(22(3,4)5)13-19(17(21)2)20-10-11-23-15-24(20)6;1-14-12-15(2)20(23-11-7-6-8-16(23)3)17(4)19(14)18-9-10-21-13-22(18)5;1-14-7-5-6-10-23(14)19-12-16(20-3)11-17(15(19)2)18-8-9-21-13-22(18)4;1-14-11-17(18-8-9-20-13-21(18)4)16(3)19(12-14)22-10-6-5-7-15(22)2/h4-15H,1-3H3;7-15H,1-6H3;6-13H,1-5H3;5-13H,1-2,4H3;5-13H,1-4H3/q5*+2. The lowest BCUT2D eigenvalue weighted by Crippen LogP contribution is -2.36. The molecule has 0 aliphatic heterocycles. The van der Waals surface area contributed by atoms with Crippen molar-refractivity contribution in [2.45, 2.75) is 116 Å². The van der Waals surface area contributed by atoms with Gasteiger partial charge in [-0.1, -0.05) is 100 Å². The molecule has 0 saturated carbocycles. The van der Waals surface area contributed by atoms with Crippen LogP contribution in [0.3, 0.4) is 0 Å². The average Bonchev–Trinajstić information content (AvgIpc) is 0.806. The van der Waals surface area contributed by atoms with Gasteiger partial charge in [0.1, 0.15) is 59.5 Å². The summed E-state index contributed by atoms with van der Waals surface area (Å²) in [5.41, 5.74) is 35.9. The second-order valence-corrected chi connectivity index (χ2v) is 31.5. The molecule has 0 spiro atoms. The first-order valence-electron chi connectivity index (χ1n) is 40.0. The van der Waals surface area contributed by atoms with Crippen LogP contribution in [0, 0.1) is 96.6 Å². The van der Waals surface area contributed by atoms with Crippen molar-refractivity contribution >= 4 is 16.5 Å². The minimum atomic E-state index is 0.0754. The fraction of sp³-hybridized carbons (Fsp3) is 0.216. The van der Waals surface area contributed by atoms with Crippen molar-refractivity contribution in [3.63, 3.8) is 0 Å². The van der Waals surface area contributed by atoms with E-state index >= 15 is 0 Å². The summed E-state index contributed by atoms with van der Waals surface area (Å²) in [6.45, 7) is 42.3. The van der Waals surface area contributed by atoms with E-state index in [4.69, 9.17) is 6.57 Å². The average molecular weight is 1560 g/mol. The van der Waals surface area contributed by atoms with E-state index in [1.54, 1.807) is 12.5 Å². The summed E-state index contributed by atoms with van der Waals surface area (Å²) in [5.74, 6) is 0. The normalized spacial score (nSPS) is 10.9. The molecule has 16 nitrogen and oxygen atoms in total. The van der Waals surface area contributed by atoms with Crippen molar-refractivity contribution in [1.29, 1.82) is 0 Å². The molecule has 16 rings (SSSR count).